The van der Waals surface area contributed by atoms with Crippen LogP contribution in [-0.4, -0.2) is 0 Å². The lowest BCUT2D eigenvalue weighted by Crippen LogP contribution is -2.36. The lowest BCUT2D eigenvalue weighted by molar-refractivity contribution is -0.676. The molecule has 1 aromatic heterocycles. The summed E-state index contributed by atoms with van der Waals surface area (Å²) in [6.45, 7) is 0.871. The third kappa shape index (κ3) is 2.74. The Bertz CT molecular complexity index is 928. The van der Waals surface area contributed by atoms with Crippen molar-refractivity contribution in [3.63, 3.8) is 0 Å². The minimum absolute atomic E-state index is 0.871. The minimum Gasteiger partial charge on any atom is -0.193 e. The van der Waals surface area contributed by atoms with Crippen molar-refractivity contribution in [2.24, 2.45) is 0 Å². The predicted octanol–water partition coefficient (Wildman–Crippen LogP) is 4.84. The largest absolute Gasteiger partial charge is 0.220 e. The van der Waals surface area contributed by atoms with Gasteiger partial charge in [0.05, 0.1) is 5.39 Å². The van der Waals surface area contributed by atoms with Gasteiger partial charge in [-0.1, -0.05) is 66.7 Å². The van der Waals surface area contributed by atoms with Gasteiger partial charge in [-0.3, -0.25) is 0 Å². The van der Waals surface area contributed by atoms with Crippen LogP contribution < -0.4 is 4.57 Å². The van der Waals surface area contributed by atoms with E-state index in [2.05, 4.69) is 102 Å². The van der Waals surface area contributed by atoms with E-state index >= 15 is 0 Å². The zero-order valence-electron chi connectivity index (χ0n) is 12.9. The summed E-state index contributed by atoms with van der Waals surface area (Å²) < 4.78 is 2.34. The molecular weight excluding hydrogens is 278 g/mol. The van der Waals surface area contributed by atoms with E-state index in [1.807, 2.05) is 0 Å². The zero-order valence-corrected chi connectivity index (χ0v) is 12.9. The number of rotatable bonds is 3. The van der Waals surface area contributed by atoms with Crippen LogP contribution in [0.1, 0.15) is 5.56 Å². The fourth-order valence-corrected chi connectivity index (χ4v) is 3.09. The first-order chi connectivity index (χ1) is 11.4. The first-order valence-corrected chi connectivity index (χ1v) is 7.92. The Morgan fingerprint density at radius 1 is 0.609 bits per heavy atom. The van der Waals surface area contributed by atoms with E-state index in [-0.39, 0.29) is 0 Å². The van der Waals surface area contributed by atoms with Crippen molar-refractivity contribution in [1.82, 2.24) is 0 Å². The Labute approximate surface area is 136 Å². The molecule has 110 valence electrons. The van der Waals surface area contributed by atoms with Gasteiger partial charge in [-0.05, 0) is 23.6 Å². The maximum atomic E-state index is 2.34. The van der Waals surface area contributed by atoms with Crippen molar-refractivity contribution in [1.29, 1.82) is 0 Å². The second-order valence-electron chi connectivity index (χ2n) is 5.73. The quantitative estimate of drug-likeness (QED) is 0.476. The third-order valence-electron chi connectivity index (χ3n) is 4.18. The molecule has 0 atom stereocenters. The molecule has 0 saturated heterocycles. The second-order valence-corrected chi connectivity index (χ2v) is 5.73. The molecule has 23 heavy (non-hydrogen) atoms. The number of hydrogen-bond acceptors (Lipinski definition) is 0. The van der Waals surface area contributed by atoms with Crippen LogP contribution in [-0.2, 0) is 6.54 Å². The third-order valence-corrected chi connectivity index (χ3v) is 4.18. The van der Waals surface area contributed by atoms with Crippen LogP contribution in [0.5, 0.6) is 0 Å². The maximum Gasteiger partial charge on any atom is 0.220 e. The number of nitrogens with zero attached hydrogens (tertiary/aromatic N) is 1. The van der Waals surface area contributed by atoms with Crippen molar-refractivity contribution in [2.45, 2.75) is 6.54 Å². The monoisotopic (exact) mass is 296 g/mol. The van der Waals surface area contributed by atoms with Crippen LogP contribution in [0.2, 0.25) is 0 Å². The van der Waals surface area contributed by atoms with Gasteiger partial charge in [-0.2, -0.15) is 4.57 Å². The molecule has 3 aromatic carbocycles. The van der Waals surface area contributed by atoms with Crippen LogP contribution in [0.25, 0.3) is 22.0 Å². The zero-order chi connectivity index (χ0) is 15.5. The van der Waals surface area contributed by atoms with Crippen LogP contribution >= 0.6 is 0 Å². The van der Waals surface area contributed by atoms with Crippen LogP contribution in [0.3, 0.4) is 0 Å². The lowest BCUT2D eigenvalue weighted by Gasteiger charge is -2.08. The summed E-state index contributed by atoms with van der Waals surface area (Å²) in [6, 6.07) is 32.0. The van der Waals surface area contributed by atoms with Gasteiger partial charge in [0.15, 0.2) is 12.7 Å². The Kier molecular flexibility index (Phi) is 3.61. The first-order valence-electron chi connectivity index (χ1n) is 7.92. The van der Waals surface area contributed by atoms with E-state index in [1.54, 1.807) is 0 Å². The van der Waals surface area contributed by atoms with Crippen molar-refractivity contribution in [3.8, 4) is 11.3 Å². The van der Waals surface area contributed by atoms with E-state index in [1.165, 1.54) is 27.6 Å². The molecule has 0 radical (unpaired) electrons. The van der Waals surface area contributed by atoms with Crippen molar-refractivity contribution < 1.29 is 4.57 Å². The molecule has 0 bridgehead atoms. The Hall–Kier alpha value is -2.93. The smallest absolute Gasteiger partial charge is 0.193 e. The Morgan fingerprint density at radius 3 is 2.04 bits per heavy atom. The summed E-state index contributed by atoms with van der Waals surface area (Å²) in [5, 5.41) is 2.56. The molecule has 0 saturated carbocycles. The Morgan fingerprint density at radius 2 is 1.26 bits per heavy atom. The molecule has 1 heterocycles. The molecule has 4 aromatic rings. The van der Waals surface area contributed by atoms with E-state index in [9.17, 15) is 0 Å². The lowest BCUT2D eigenvalue weighted by atomic mass is 10.0. The summed E-state index contributed by atoms with van der Waals surface area (Å²) in [4.78, 5) is 0. The summed E-state index contributed by atoms with van der Waals surface area (Å²) in [7, 11) is 0. The van der Waals surface area contributed by atoms with Crippen LogP contribution in [0.15, 0.2) is 97.2 Å². The molecule has 0 amide bonds. The molecule has 0 aliphatic rings. The van der Waals surface area contributed by atoms with E-state index in [0.717, 1.165) is 6.54 Å². The number of pyridine rings is 1. The van der Waals surface area contributed by atoms with Crippen molar-refractivity contribution in [2.75, 3.05) is 0 Å². The van der Waals surface area contributed by atoms with Gasteiger partial charge in [0.2, 0.25) is 5.69 Å². The number of fused-ring (bicyclic) bond motifs is 1. The molecule has 0 fully saturated rings. The molecule has 0 aliphatic carbocycles. The fraction of sp³-hybridized carbons (Fsp3) is 0.0455. The number of hydrogen-bond donors (Lipinski definition) is 0. The summed E-state index contributed by atoms with van der Waals surface area (Å²) in [5.74, 6) is 0. The van der Waals surface area contributed by atoms with Gasteiger partial charge >= 0.3 is 0 Å². The van der Waals surface area contributed by atoms with Crippen molar-refractivity contribution in [3.05, 3.63) is 103 Å². The van der Waals surface area contributed by atoms with Gasteiger partial charge in [0.1, 0.15) is 0 Å². The van der Waals surface area contributed by atoms with Gasteiger partial charge in [0.25, 0.3) is 0 Å². The second kappa shape index (κ2) is 6.05. The molecule has 0 unspecified atom stereocenters. The highest BCUT2D eigenvalue weighted by Crippen LogP contribution is 2.25. The first kappa shape index (κ1) is 13.7. The van der Waals surface area contributed by atoms with Gasteiger partial charge in [-0.25, -0.2) is 0 Å². The summed E-state index contributed by atoms with van der Waals surface area (Å²) >= 11 is 0. The maximum absolute atomic E-state index is 2.34. The highest BCUT2D eigenvalue weighted by atomic mass is 15.0. The van der Waals surface area contributed by atoms with E-state index in [4.69, 9.17) is 0 Å². The van der Waals surface area contributed by atoms with Gasteiger partial charge in [-0.15, -0.1) is 0 Å². The standard InChI is InChI=1S/C22H18N/c1-3-9-18(10-4-1)17-23-16-15-19-11-7-8-14-21(19)22(23)20-12-5-2-6-13-20/h1-16H,17H2/q+1. The van der Waals surface area contributed by atoms with Crippen LogP contribution in [0.4, 0.5) is 0 Å². The highest BCUT2D eigenvalue weighted by Gasteiger charge is 2.17. The summed E-state index contributed by atoms with van der Waals surface area (Å²) in [6.07, 6.45) is 2.19. The molecule has 4 rings (SSSR count). The highest BCUT2D eigenvalue weighted by molar-refractivity contribution is 5.92. The van der Waals surface area contributed by atoms with E-state index < -0.39 is 0 Å². The molecule has 1 heteroatoms. The average Bonchev–Trinajstić information content (AvgIpc) is 2.63. The molecule has 0 aliphatic heterocycles. The normalized spacial score (nSPS) is 10.8. The molecule has 0 N–H and O–H groups in total. The van der Waals surface area contributed by atoms with E-state index in [0.29, 0.717) is 0 Å². The Balaban J connectivity index is 1.93. The SMILES string of the molecule is c1ccc(C[n+]2ccc3ccccc3c2-c2ccccc2)cc1. The number of aromatic nitrogens is 1. The molecule has 1 nitrogen and oxygen atoms in total. The van der Waals surface area contributed by atoms with Crippen LogP contribution in [0, 0.1) is 0 Å². The summed E-state index contributed by atoms with van der Waals surface area (Å²) in [5.41, 5.74) is 3.83. The fourth-order valence-electron chi connectivity index (χ4n) is 3.09. The average molecular weight is 296 g/mol. The molecule has 0 spiro atoms. The topological polar surface area (TPSA) is 3.88 Å². The van der Waals surface area contributed by atoms with Gasteiger partial charge < -0.3 is 0 Å². The predicted molar refractivity (Wildman–Crippen MR) is 95.1 cm³/mol. The number of benzene rings is 3. The minimum atomic E-state index is 0.871. The molecular formula is C22H18N+. The van der Waals surface area contributed by atoms with Gasteiger partial charge in [0, 0.05) is 17.2 Å². The van der Waals surface area contributed by atoms with Crippen molar-refractivity contribution >= 4 is 10.8 Å².